The van der Waals surface area contributed by atoms with Crippen molar-refractivity contribution in [2.24, 2.45) is 0 Å². The van der Waals surface area contributed by atoms with E-state index in [0.29, 0.717) is 6.42 Å². The van der Waals surface area contributed by atoms with Crippen molar-refractivity contribution in [1.82, 2.24) is 0 Å². The van der Waals surface area contributed by atoms with Crippen molar-refractivity contribution in [2.45, 2.75) is 114 Å². The van der Waals surface area contributed by atoms with Crippen LogP contribution in [-0.4, -0.2) is 74.9 Å². The predicted octanol–water partition coefficient (Wildman–Crippen LogP) is 1.57. The summed E-state index contributed by atoms with van der Waals surface area (Å²) in [6, 6.07) is 0. The highest BCUT2D eigenvalue weighted by molar-refractivity contribution is 5.67. The van der Waals surface area contributed by atoms with Crippen molar-refractivity contribution in [2.75, 3.05) is 6.61 Å². The van der Waals surface area contributed by atoms with Gasteiger partial charge in [-0.2, -0.15) is 0 Å². The van der Waals surface area contributed by atoms with Gasteiger partial charge in [0.25, 0.3) is 0 Å². The van der Waals surface area contributed by atoms with Gasteiger partial charge in [-0.1, -0.05) is 64.7 Å². The van der Waals surface area contributed by atoms with E-state index in [1.165, 1.54) is 38.5 Å². The molecule has 0 aliphatic carbocycles. The van der Waals surface area contributed by atoms with Crippen LogP contribution in [0, 0.1) is 0 Å². The molecule has 1 fully saturated rings. The molecule has 28 heavy (non-hydrogen) atoms. The molecule has 8 heteroatoms. The van der Waals surface area contributed by atoms with Gasteiger partial charge in [0.15, 0.2) is 6.29 Å². The summed E-state index contributed by atoms with van der Waals surface area (Å²) in [7, 11) is 0. The van der Waals surface area contributed by atoms with Gasteiger partial charge < -0.3 is 35.0 Å². The first-order valence-electron chi connectivity index (χ1n) is 10.6. The number of carboxylic acids is 1. The van der Waals surface area contributed by atoms with Gasteiger partial charge in [-0.25, -0.2) is 0 Å². The van der Waals surface area contributed by atoms with Crippen LogP contribution >= 0.6 is 0 Å². The topological polar surface area (TPSA) is 137 Å². The molecule has 2 unspecified atom stereocenters. The van der Waals surface area contributed by atoms with Crippen molar-refractivity contribution in [3.05, 3.63) is 0 Å². The summed E-state index contributed by atoms with van der Waals surface area (Å²) in [6.45, 7) is 1.65. The molecule has 0 aromatic heterocycles. The number of hydrogen-bond acceptors (Lipinski definition) is 7. The Morgan fingerprint density at radius 2 is 1.50 bits per heavy atom. The Bertz CT molecular complexity index is 417. The van der Waals surface area contributed by atoms with Gasteiger partial charge in [0, 0.05) is 0 Å². The second kappa shape index (κ2) is 14.3. The number of aliphatic hydroxyl groups excluding tert-OH is 4. The Labute approximate surface area is 167 Å². The fourth-order valence-corrected chi connectivity index (χ4v) is 3.47. The molecule has 0 amide bonds. The largest absolute Gasteiger partial charge is 0.481 e. The van der Waals surface area contributed by atoms with Crippen LogP contribution < -0.4 is 0 Å². The van der Waals surface area contributed by atoms with E-state index in [0.717, 1.165) is 19.3 Å². The molecular formula is C20H38O8. The van der Waals surface area contributed by atoms with Gasteiger partial charge in [0.1, 0.15) is 24.4 Å². The van der Waals surface area contributed by atoms with E-state index in [1.807, 2.05) is 0 Å². The second-order valence-electron chi connectivity index (χ2n) is 7.67. The molecule has 0 aromatic rings. The highest BCUT2D eigenvalue weighted by Crippen LogP contribution is 2.25. The Balaban J connectivity index is 2.38. The van der Waals surface area contributed by atoms with Gasteiger partial charge in [0.05, 0.1) is 19.1 Å². The predicted molar refractivity (Wildman–Crippen MR) is 103 cm³/mol. The molecule has 1 rings (SSSR count). The first-order valence-corrected chi connectivity index (χ1v) is 10.6. The third-order valence-electron chi connectivity index (χ3n) is 5.21. The zero-order valence-corrected chi connectivity index (χ0v) is 16.9. The quantitative estimate of drug-likeness (QED) is 0.259. The van der Waals surface area contributed by atoms with Gasteiger partial charge in [-0.3, -0.25) is 4.79 Å². The number of hydrogen-bond donors (Lipinski definition) is 5. The highest BCUT2D eigenvalue weighted by Gasteiger charge is 2.44. The van der Waals surface area contributed by atoms with Crippen LogP contribution in [0.1, 0.15) is 77.6 Å². The zero-order valence-electron chi connectivity index (χ0n) is 16.9. The first kappa shape index (κ1) is 25.3. The van der Waals surface area contributed by atoms with E-state index >= 15 is 0 Å². The summed E-state index contributed by atoms with van der Waals surface area (Å²) in [5.41, 5.74) is 0. The Kier molecular flexibility index (Phi) is 12.9. The summed E-state index contributed by atoms with van der Waals surface area (Å²) in [5.74, 6) is -1.02. The summed E-state index contributed by atoms with van der Waals surface area (Å²) < 4.78 is 10.9. The smallest absolute Gasteiger partial charge is 0.305 e. The monoisotopic (exact) mass is 406 g/mol. The maximum absolute atomic E-state index is 11.1. The second-order valence-corrected chi connectivity index (χ2v) is 7.67. The molecule has 1 saturated heterocycles. The van der Waals surface area contributed by atoms with Crippen molar-refractivity contribution in [3.8, 4) is 0 Å². The molecular weight excluding hydrogens is 368 g/mol. The van der Waals surface area contributed by atoms with Crippen LogP contribution in [-0.2, 0) is 14.3 Å². The average Bonchev–Trinajstić information content (AvgIpc) is 2.66. The maximum Gasteiger partial charge on any atom is 0.305 e. The number of unbranched alkanes of at least 4 members (excludes halogenated alkanes) is 8. The van der Waals surface area contributed by atoms with Crippen molar-refractivity contribution < 1.29 is 39.8 Å². The van der Waals surface area contributed by atoms with Crippen LogP contribution in [0.5, 0.6) is 0 Å². The van der Waals surface area contributed by atoms with E-state index in [1.54, 1.807) is 0 Å². The number of rotatable bonds is 15. The molecule has 8 nitrogen and oxygen atoms in total. The Morgan fingerprint density at radius 1 is 0.929 bits per heavy atom. The minimum atomic E-state index is -1.53. The van der Waals surface area contributed by atoms with Crippen LogP contribution in [0.4, 0.5) is 0 Å². The van der Waals surface area contributed by atoms with Crippen molar-refractivity contribution in [1.29, 1.82) is 0 Å². The standard InChI is InChI=1S/C20H38O8/c1-2-3-4-5-6-7-8-9-10-11-14(12-16(22)23)27-20-19(26)18(25)17(24)15(13-21)28-20/h14-15,17-21,24-26H,2-13H2,1H3,(H,22,23)/t14?,15-,17-,18+,19-,20?/m1/s1. The van der Waals surface area contributed by atoms with Crippen LogP contribution in [0.15, 0.2) is 0 Å². The van der Waals surface area contributed by atoms with Gasteiger partial charge >= 0.3 is 5.97 Å². The molecule has 6 atom stereocenters. The van der Waals surface area contributed by atoms with Crippen LogP contribution in [0.2, 0.25) is 0 Å². The third-order valence-corrected chi connectivity index (χ3v) is 5.21. The lowest BCUT2D eigenvalue weighted by atomic mass is 9.99. The number of aliphatic hydroxyl groups is 4. The fourth-order valence-electron chi connectivity index (χ4n) is 3.47. The lowest BCUT2D eigenvalue weighted by Gasteiger charge is -2.40. The van der Waals surface area contributed by atoms with E-state index in [-0.39, 0.29) is 6.42 Å². The maximum atomic E-state index is 11.1. The normalized spacial score (nSPS) is 29.0. The van der Waals surface area contributed by atoms with E-state index in [2.05, 4.69) is 6.92 Å². The number of carbonyl (C=O) groups is 1. The van der Waals surface area contributed by atoms with Crippen LogP contribution in [0.3, 0.4) is 0 Å². The lowest BCUT2D eigenvalue weighted by Crippen LogP contribution is -2.59. The number of carboxylic acid groups (broad SMARTS) is 1. The first-order chi connectivity index (χ1) is 13.4. The van der Waals surface area contributed by atoms with E-state index in [4.69, 9.17) is 14.6 Å². The Hall–Kier alpha value is -0.770. The molecule has 1 aliphatic heterocycles. The molecule has 0 spiro atoms. The van der Waals surface area contributed by atoms with Gasteiger partial charge in [-0.15, -0.1) is 0 Å². The summed E-state index contributed by atoms with van der Waals surface area (Å²) >= 11 is 0. The zero-order chi connectivity index (χ0) is 20.9. The summed E-state index contributed by atoms with van der Waals surface area (Å²) in [5, 5.41) is 48.0. The molecule has 166 valence electrons. The fraction of sp³-hybridized carbons (Fsp3) is 0.950. The van der Waals surface area contributed by atoms with Crippen molar-refractivity contribution in [3.63, 3.8) is 0 Å². The highest BCUT2D eigenvalue weighted by atomic mass is 16.7. The average molecular weight is 407 g/mol. The molecule has 0 radical (unpaired) electrons. The van der Waals surface area contributed by atoms with Gasteiger partial charge in [-0.05, 0) is 6.42 Å². The molecule has 0 aromatic carbocycles. The van der Waals surface area contributed by atoms with Gasteiger partial charge in [0.2, 0.25) is 0 Å². The lowest BCUT2D eigenvalue weighted by molar-refractivity contribution is -0.311. The Morgan fingerprint density at radius 3 is 2.04 bits per heavy atom. The number of ether oxygens (including phenoxy) is 2. The van der Waals surface area contributed by atoms with E-state index < -0.39 is 49.4 Å². The molecule has 5 N–H and O–H groups in total. The van der Waals surface area contributed by atoms with E-state index in [9.17, 15) is 25.2 Å². The third kappa shape index (κ3) is 9.15. The van der Waals surface area contributed by atoms with Crippen molar-refractivity contribution >= 4 is 5.97 Å². The molecule has 1 heterocycles. The van der Waals surface area contributed by atoms with Crippen LogP contribution in [0.25, 0.3) is 0 Å². The minimum absolute atomic E-state index is 0.244. The number of aliphatic carboxylic acids is 1. The minimum Gasteiger partial charge on any atom is -0.481 e. The summed E-state index contributed by atoms with van der Waals surface area (Å²) in [6.07, 6.45) is 3.01. The summed E-state index contributed by atoms with van der Waals surface area (Å²) in [4.78, 5) is 11.1. The molecule has 0 bridgehead atoms. The SMILES string of the molecule is CCCCCCCCCCCC(CC(=O)O)OC1O[C@H](CO)[C@@H](O)[C@H](O)[C@H]1O. The molecule has 1 aliphatic rings. The molecule has 0 saturated carbocycles.